The second kappa shape index (κ2) is 7.95. The van der Waals surface area contributed by atoms with Gasteiger partial charge in [0.25, 0.3) is 0 Å². The van der Waals surface area contributed by atoms with Gasteiger partial charge in [0, 0.05) is 16.0 Å². The molecular weight excluding hydrogens is 264 g/mol. The average Bonchev–Trinajstić information content (AvgIpc) is 2.89. The molecule has 0 aliphatic carbocycles. The molecule has 2 aromatic rings. The van der Waals surface area contributed by atoms with Gasteiger partial charge in [0.1, 0.15) is 5.82 Å². The topological polar surface area (TPSA) is 25.8 Å². The average molecular weight is 286 g/mol. The molecule has 2 nitrogen and oxygen atoms in total. The van der Waals surface area contributed by atoms with E-state index in [1.54, 1.807) is 6.20 Å². The molecule has 0 saturated heterocycles. The Hall–Kier alpha value is -1.48. The largest absolute Gasteiger partial charge is 0.242 e. The van der Waals surface area contributed by atoms with Gasteiger partial charge >= 0.3 is 0 Å². The van der Waals surface area contributed by atoms with Gasteiger partial charge in [-0.25, -0.2) is 9.97 Å². The van der Waals surface area contributed by atoms with Crippen molar-refractivity contribution in [3.05, 3.63) is 45.7 Å². The Morgan fingerprint density at radius 2 is 2.00 bits per heavy atom. The second-order valence-corrected chi connectivity index (χ2v) is 6.18. The van der Waals surface area contributed by atoms with E-state index in [-0.39, 0.29) is 0 Å². The number of aromatic nitrogens is 2. The van der Waals surface area contributed by atoms with Crippen molar-refractivity contribution in [1.29, 1.82) is 0 Å². The van der Waals surface area contributed by atoms with Crippen molar-refractivity contribution in [2.24, 2.45) is 0 Å². The Morgan fingerprint density at radius 1 is 1.10 bits per heavy atom. The number of hydrogen-bond donors (Lipinski definition) is 0. The van der Waals surface area contributed by atoms with Crippen LogP contribution < -0.4 is 0 Å². The van der Waals surface area contributed by atoms with Crippen LogP contribution in [0.3, 0.4) is 0 Å². The lowest BCUT2D eigenvalue weighted by Gasteiger charge is -1.96. The molecule has 0 spiro atoms. The number of nitrogens with zero attached hydrogens (tertiary/aromatic N) is 2. The Balaban J connectivity index is 1.89. The van der Waals surface area contributed by atoms with Gasteiger partial charge in [0.15, 0.2) is 0 Å². The van der Waals surface area contributed by atoms with Gasteiger partial charge in [-0.15, -0.1) is 11.3 Å². The quantitative estimate of drug-likeness (QED) is 0.659. The Bertz CT molecular complexity index is 558. The van der Waals surface area contributed by atoms with Crippen molar-refractivity contribution < 1.29 is 0 Å². The molecule has 0 bridgehead atoms. The van der Waals surface area contributed by atoms with E-state index in [0.29, 0.717) is 0 Å². The summed E-state index contributed by atoms with van der Waals surface area (Å²) in [6.07, 6.45) is 12.5. The monoisotopic (exact) mass is 286 g/mol. The van der Waals surface area contributed by atoms with Gasteiger partial charge in [-0.1, -0.05) is 26.2 Å². The van der Waals surface area contributed by atoms with Gasteiger partial charge in [0.05, 0.1) is 5.69 Å². The summed E-state index contributed by atoms with van der Waals surface area (Å²) in [5, 5.41) is 0. The number of unbranched alkanes of at least 4 members (excludes halogenated alkanes) is 3. The summed E-state index contributed by atoms with van der Waals surface area (Å²) in [5.41, 5.74) is 0.968. The van der Waals surface area contributed by atoms with Gasteiger partial charge in [-0.2, -0.15) is 0 Å². The van der Waals surface area contributed by atoms with E-state index in [1.165, 1.54) is 41.9 Å². The van der Waals surface area contributed by atoms with Crippen molar-refractivity contribution >= 4 is 23.5 Å². The fourth-order valence-electron chi connectivity index (χ4n) is 2.08. The number of thiophene rings is 1. The molecular formula is C17H22N2S. The third-order valence-electron chi connectivity index (χ3n) is 3.18. The highest BCUT2D eigenvalue weighted by Gasteiger charge is 1.98. The highest BCUT2D eigenvalue weighted by atomic mass is 32.1. The van der Waals surface area contributed by atoms with Crippen LogP contribution in [0.4, 0.5) is 0 Å². The summed E-state index contributed by atoms with van der Waals surface area (Å²) in [7, 11) is 0. The molecule has 0 aliphatic rings. The summed E-state index contributed by atoms with van der Waals surface area (Å²) in [4.78, 5) is 11.3. The number of hydrogen-bond acceptors (Lipinski definition) is 3. The van der Waals surface area contributed by atoms with Crippen molar-refractivity contribution in [3.63, 3.8) is 0 Å². The molecule has 106 valence electrons. The van der Waals surface area contributed by atoms with Crippen molar-refractivity contribution in [2.75, 3.05) is 0 Å². The molecule has 0 unspecified atom stereocenters. The first-order valence-electron chi connectivity index (χ1n) is 7.34. The first kappa shape index (κ1) is 14.9. The van der Waals surface area contributed by atoms with Gasteiger partial charge in [0.2, 0.25) is 0 Å². The first-order chi connectivity index (χ1) is 9.78. The van der Waals surface area contributed by atoms with Gasteiger partial charge < -0.3 is 0 Å². The zero-order chi connectivity index (χ0) is 14.2. The lowest BCUT2D eigenvalue weighted by Crippen LogP contribution is -1.87. The van der Waals surface area contributed by atoms with Crippen LogP contribution in [-0.4, -0.2) is 9.97 Å². The minimum atomic E-state index is 0.815. The summed E-state index contributed by atoms with van der Waals surface area (Å²) < 4.78 is 0. The Morgan fingerprint density at radius 3 is 2.80 bits per heavy atom. The maximum absolute atomic E-state index is 4.37. The Labute approximate surface area is 125 Å². The zero-order valence-electron chi connectivity index (χ0n) is 12.3. The fraction of sp³-hybridized carbons (Fsp3) is 0.412. The van der Waals surface area contributed by atoms with Crippen molar-refractivity contribution in [2.45, 2.75) is 46.0 Å². The maximum Gasteiger partial charge on any atom is 0.125 e. The summed E-state index contributed by atoms with van der Waals surface area (Å²) in [5.74, 6) is 0.815. The number of aryl methyl sites for hydroxylation is 2. The van der Waals surface area contributed by atoms with E-state index in [1.807, 2.05) is 24.3 Å². The number of rotatable bonds is 7. The van der Waals surface area contributed by atoms with E-state index < -0.39 is 0 Å². The van der Waals surface area contributed by atoms with Crippen LogP contribution in [0.25, 0.3) is 12.2 Å². The zero-order valence-corrected chi connectivity index (χ0v) is 13.1. The van der Waals surface area contributed by atoms with E-state index in [0.717, 1.165) is 11.5 Å². The van der Waals surface area contributed by atoms with E-state index in [2.05, 4.69) is 41.2 Å². The molecule has 0 atom stereocenters. The van der Waals surface area contributed by atoms with Crippen LogP contribution in [0.5, 0.6) is 0 Å². The van der Waals surface area contributed by atoms with Crippen molar-refractivity contribution in [1.82, 2.24) is 9.97 Å². The van der Waals surface area contributed by atoms with Crippen molar-refractivity contribution in [3.8, 4) is 0 Å². The molecule has 0 aromatic carbocycles. The normalized spacial score (nSPS) is 11.3. The predicted octanol–water partition coefficient (Wildman–Crippen LogP) is 5.14. The fourth-order valence-corrected chi connectivity index (χ4v) is 3.04. The highest BCUT2D eigenvalue weighted by Crippen LogP contribution is 2.21. The van der Waals surface area contributed by atoms with Crippen LogP contribution in [0.2, 0.25) is 0 Å². The minimum absolute atomic E-state index is 0.815. The third kappa shape index (κ3) is 4.89. The third-order valence-corrected chi connectivity index (χ3v) is 4.29. The molecule has 2 rings (SSSR count). The van der Waals surface area contributed by atoms with Crippen LogP contribution in [-0.2, 0) is 6.42 Å². The van der Waals surface area contributed by atoms with E-state index in [9.17, 15) is 0 Å². The molecule has 0 N–H and O–H groups in total. The summed E-state index contributed by atoms with van der Waals surface area (Å²) in [6, 6.07) is 6.38. The van der Waals surface area contributed by atoms with Crippen LogP contribution in [0.15, 0.2) is 24.4 Å². The standard InChI is InChI=1S/C17H22N2S/c1-3-4-5-6-7-16-10-11-17(20-16)9-8-15-12-13-18-14(2)19-15/h8-13H,3-7H2,1-2H3/b9-8+. The minimum Gasteiger partial charge on any atom is -0.242 e. The molecule has 0 amide bonds. The van der Waals surface area contributed by atoms with E-state index >= 15 is 0 Å². The molecule has 0 saturated carbocycles. The highest BCUT2D eigenvalue weighted by molar-refractivity contribution is 7.12. The van der Waals surface area contributed by atoms with E-state index in [4.69, 9.17) is 0 Å². The molecule has 20 heavy (non-hydrogen) atoms. The van der Waals surface area contributed by atoms with Crippen LogP contribution in [0.1, 0.15) is 53.9 Å². The second-order valence-electron chi connectivity index (χ2n) is 4.98. The SMILES string of the molecule is CCCCCCc1ccc(/C=C/c2ccnc(C)n2)s1. The van der Waals surface area contributed by atoms with Crippen LogP contribution in [0, 0.1) is 6.92 Å². The molecule has 2 aromatic heterocycles. The Kier molecular flexibility index (Phi) is 5.93. The maximum atomic E-state index is 4.37. The summed E-state index contributed by atoms with van der Waals surface area (Å²) >= 11 is 1.88. The lowest BCUT2D eigenvalue weighted by atomic mass is 10.1. The molecule has 0 fully saturated rings. The molecule has 2 heterocycles. The molecule has 0 radical (unpaired) electrons. The van der Waals surface area contributed by atoms with Crippen LogP contribution >= 0.6 is 11.3 Å². The predicted molar refractivity (Wildman–Crippen MR) is 87.9 cm³/mol. The lowest BCUT2D eigenvalue weighted by molar-refractivity contribution is 0.670. The molecule has 3 heteroatoms. The molecule has 0 aliphatic heterocycles. The summed E-state index contributed by atoms with van der Waals surface area (Å²) in [6.45, 7) is 4.17. The van der Waals surface area contributed by atoms with Gasteiger partial charge in [-0.3, -0.25) is 0 Å². The van der Waals surface area contributed by atoms with Gasteiger partial charge in [-0.05, 0) is 50.1 Å². The first-order valence-corrected chi connectivity index (χ1v) is 8.16. The smallest absolute Gasteiger partial charge is 0.125 e.